The van der Waals surface area contributed by atoms with E-state index in [1.54, 1.807) is 17.8 Å². The van der Waals surface area contributed by atoms with Crippen molar-refractivity contribution in [1.82, 2.24) is 29.9 Å². The van der Waals surface area contributed by atoms with Crippen LogP contribution < -0.4 is 15.1 Å². The highest BCUT2D eigenvalue weighted by Crippen LogP contribution is 2.32. The first-order valence-corrected chi connectivity index (χ1v) is 10.1. The van der Waals surface area contributed by atoms with Crippen molar-refractivity contribution >= 4 is 29.3 Å². The molecule has 3 aromatic rings. The van der Waals surface area contributed by atoms with Crippen LogP contribution in [0.1, 0.15) is 22.7 Å². The van der Waals surface area contributed by atoms with Gasteiger partial charge in [-0.1, -0.05) is 6.07 Å². The van der Waals surface area contributed by atoms with E-state index in [9.17, 15) is 18.4 Å². The van der Waals surface area contributed by atoms with Gasteiger partial charge in [-0.3, -0.25) is 14.5 Å². The molecule has 0 spiro atoms. The fourth-order valence-electron chi connectivity index (χ4n) is 4.08. The number of halogens is 2. The Kier molecular flexibility index (Phi) is 4.64. The predicted molar refractivity (Wildman–Crippen MR) is 110 cm³/mol. The Hall–Kier alpha value is -3.83. The van der Waals surface area contributed by atoms with Gasteiger partial charge in [0.1, 0.15) is 29.2 Å². The van der Waals surface area contributed by atoms with Crippen LogP contribution in [-0.2, 0) is 17.9 Å². The quantitative estimate of drug-likeness (QED) is 0.658. The molecule has 1 aromatic carbocycles. The Morgan fingerprint density at radius 3 is 2.62 bits per heavy atom. The predicted octanol–water partition coefficient (Wildman–Crippen LogP) is 1.38. The molecule has 10 nitrogen and oxygen atoms in total. The fraction of sp³-hybridized carbons (Fsp3) is 0.350. The highest BCUT2D eigenvalue weighted by atomic mass is 19.1. The summed E-state index contributed by atoms with van der Waals surface area (Å²) in [6.45, 7) is 2.89. The van der Waals surface area contributed by atoms with Crippen LogP contribution >= 0.6 is 0 Å². The molecule has 166 valence electrons. The average Bonchev–Trinajstić information content (AvgIpc) is 3.43. The first-order valence-electron chi connectivity index (χ1n) is 10.1. The van der Waals surface area contributed by atoms with Gasteiger partial charge in [0.2, 0.25) is 11.8 Å². The molecule has 5 rings (SSSR count). The number of benzene rings is 1. The van der Waals surface area contributed by atoms with Gasteiger partial charge >= 0.3 is 0 Å². The molecule has 2 aliphatic heterocycles. The molecule has 0 unspecified atom stereocenters. The van der Waals surface area contributed by atoms with Crippen LogP contribution in [0.2, 0.25) is 0 Å². The summed E-state index contributed by atoms with van der Waals surface area (Å²) in [5.74, 6) is -1.72. The molecule has 2 amide bonds. The number of anilines is 3. The first-order chi connectivity index (χ1) is 15.3. The number of amides is 2. The molecule has 32 heavy (non-hydrogen) atoms. The van der Waals surface area contributed by atoms with E-state index in [0.29, 0.717) is 25.3 Å². The molecule has 0 fully saturated rings. The van der Waals surface area contributed by atoms with E-state index >= 15 is 0 Å². The molecule has 12 heteroatoms. The van der Waals surface area contributed by atoms with Crippen LogP contribution in [0.5, 0.6) is 0 Å². The molecule has 0 bridgehead atoms. The van der Waals surface area contributed by atoms with Gasteiger partial charge in [-0.05, 0) is 25.5 Å². The molecule has 4 heterocycles. The lowest BCUT2D eigenvalue weighted by atomic mass is 10.2. The highest BCUT2D eigenvalue weighted by Gasteiger charge is 2.33. The second-order valence-electron chi connectivity index (χ2n) is 7.76. The summed E-state index contributed by atoms with van der Waals surface area (Å²) < 4.78 is 31.6. The molecule has 2 aliphatic rings. The number of aryl methyl sites for hydroxylation is 2. The minimum atomic E-state index is -0.784. The summed E-state index contributed by atoms with van der Waals surface area (Å²) in [5, 5.41) is 11.2. The van der Waals surface area contributed by atoms with E-state index in [1.165, 1.54) is 20.5 Å². The zero-order valence-corrected chi connectivity index (χ0v) is 17.4. The van der Waals surface area contributed by atoms with E-state index in [1.807, 2.05) is 6.92 Å². The monoisotopic (exact) mass is 442 g/mol. The van der Waals surface area contributed by atoms with E-state index in [0.717, 1.165) is 17.8 Å². The second kappa shape index (κ2) is 7.39. The van der Waals surface area contributed by atoms with E-state index in [-0.39, 0.29) is 29.9 Å². The third-order valence-corrected chi connectivity index (χ3v) is 5.63. The van der Waals surface area contributed by atoms with Crippen molar-refractivity contribution in [3.8, 4) is 0 Å². The normalized spacial score (nSPS) is 17.9. The number of hydrogen-bond acceptors (Lipinski definition) is 6. The molecule has 0 saturated carbocycles. The Morgan fingerprint density at radius 1 is 1.12 bits per heavy atom. The van der Waals surface area contributed by atoms with Crippen molar-refractivity contribution in [2.24, 2.45) is 0 Å². The lowest BCUT2D eigenvalue weighted by Crippen LogP contribution is -2.47. The summed E-state index contributed by atoms with van der Waals surface area (Å²) in [4.78, 5) is 32.7. The molecule has 0 radical (unpaired) electrons. The second-order valence-corrected chi connectivity index (χ2v) is 7.76. The summed E-state index contributed by atoms with van der Waals surface area (Å²) in [7, 11) is 1.63. The van der Waals surface area contributed by atoms with Gasteiger partial charge in [-0.25, -0.2) is 18.1 Å². The number of carbonyl (C=O) groups excluding carboxylic acids is 2. The van der Waals surface area contributed by atoms with E-state index < -0.39 is 23.6 Å². The summed E-state index contributed by atoms with van der Waals surface area (Å²) >= 11 is 0. The molecule has 0 saturated heterocycles. The number of carbonyl (C=O) groups is 2. The van der Waals surface area contributed by atoms with Crippen LogP contribution in [0, 0.1) is 18.6 Å². The van der Waals surface area contributed by atoms with Crippen molar-refractivity contribution < 1.29 is 18.4 Å². The molecule has 1 N–H and O–H groups in total. The number of hydrogen-bond donors (Lipinski definition) is 1. The van der Waals surface area contributed by atoms with Crippen molar-refractivity contribution in [3.05, 3.63) is 47.4 Å². The van der Waals surface area contributed by atoms with Gasteiger partial charge < -0.3 is 10.2 Å². The van der Waals surface area contributed by atoms with Crippen LogP contribution in [0.3, 0.4) is 0 Å². The zero-order valence-electron chi connectivity index (χ0n) is 17.4. The Labute approximate surface area is 181 Å². The van der Waals surface area contributed by atoms with E-state index in [4.69, 9.17) is 0 Å². The largest absolute Gasteiger partial charge is 0.337 e. The maximum Gasteiger partial charge on any atom is 0.291 e. The van der Waals surface area contributed by atoms with Crippen molar-refractivity contribution in [3.63, 3.8) is 0 Å². The van der Waals surface area contributed by atoms with Crippen molar-refractivity contribution in [2.75, 3.05) is 23.4 Å². The Morgan fingerprint density at radius 2 is 1.88 bits per heavy atom. The van der Waals surface area contributed by atoms with Crippen molar-refractivity contribution in [2.45, 2.75) is 32.5 Å². The zero-order chi connectivity index (χ0) is 22.6. The first kappa shape index (κ1) is 20.1. The van der Waals surface area contributed by atoms with Crippen LogP contribution in [-0.4, -0.2) is 56.0 Å². The number of aromatic nitrogens is 5. The standard InChI is InChI=1S/C20H20F2N8O2/c1-11-10-15-27(2)19(32)14(6-7-29(15)25-11)23-18(31)17-24-20-28(8-9-30(20)26-17)16-12(21)4-3-5-13(16)22/h3-5,10,14H,6-9H2,1-2H3,(H,23,31)/t14-/m0/s1. The number of nitrogens with zero attached hydrogens (tertiary/aromatic N) is 7. The average molecular weight is 442 g/mol. The summed E-state index contributed by atoms with van der Waals surface area (Å²) in [6, 6.07) is 4.62. The minimum Gasteiger partial charge on any atom is -0.337 e. The van der Waals surface area contributed by atoms with Gasteiger partial charge in [0.15, 0.2) is 0 Å². The summed E-state index contributed by atoms with van der Waals surface area (Å²) in [5.41, 5.74) is 0.561. The Bertz CT molecular complexity index is 1220. The number of para-hydroxylation sites is 1. The van der Waals surface area contributed by atoms with E-state index in [2.05, 4.69) is 20.5 Å². The maximum absolute atomic E-state index is 14.2. The van der Waals surface area contributed by atoms with Crippen molar-refractivity contribution in [1.29, 1.82) is 0 Å². The fourth-order valence-corrected chi connectivity index (χ4v) is 4.08. The third-order valence-electron chi connectivity index (χ3n) is 5.63. The molecule has 2 aromatic heterocycles. The summed E-state index contributed by atoms with van der Waals surface area (Å²) in [6.07, 6.45) is 0.350. The topological polar surface area (TPSA) is 101 Å². The maximum atomic E-state index is 14.2. The molecule has 1 atom stereocenters. The molecular weight excluding hydrogens is 422 g/mol. The highest BCUT2D eigenvalue weighted by molar-refractivity contribution is 6.01. The number of nitrogens with one attached hydrogen (secondary N) is 1. The lowest BCUT2D eigenvalue weighted by molar-refractivity contribution is -0.120. The van der Waals surface area contributed by atoms with Crippen LogP contribution in [0.25, 0.3) is 0 Å². The van der Waals surface area contributed by atoms with Crippen LogP contribution in [0.15, 0.2) is 24.3 Å². The SMILES string of the molecule is Cc1cc2n(n1)CC[C@H](NC(=O)c1nc3n(n1)CCN3c1c(F)cccc1F)C(=O)N2C. The number of rotatable bonds is 3. The number of likely N-dealkylation sites (N-methyl/N-ethyl adjacent to an activating group) is 1. The van der Waals surface area contributed by atoms with Gasteiger partial charge in [0, 0.05) is 26.2 Å². The molecular formula is C20H20F2N8O2. The minimum absolute atomic E-state index is 0.166. The van der Waals surface area contributed by atoms with Crippen LogP contribution in [0.4, 0.5) is 26.2 Å². The lowest BCUT2D eigenvalue weighted by Gasteiger charge is -2.20. The van der Waals surface area contributed by atoms with Gasteiger partial charge in [0.05, 0.1) is 12.2 Å². The molecule has 0 aliphatic carbocycles. The smallest absolute Gasteiger partial charge is 0.291 e. The third kappa shape index (κ3) is 3.18. The van der Waals surface area contributed by atoms with Gasteiger partial charge in [-0.2, -0.15) is 10.1 Å². The van der Waals surface area contributed by atoms with Gasteiger partial charge in [-0.15, -0.1) is 5.10 Å². The Balaban J connectivity index is 1.36. The number of fused-ring (bicyclic) bond motifs is 2. The van der Waals surface area contributed by atoms with Gasteiger partial charge in [0.25, 0.3) is 11.8 Å².